The van der Waals surface area contributed by atoms with Gasteiger partial charge in [0.2, 0.25) is 11.8 Å². The first kappa shape index (κ1) is 15.8. The molecular weight excluding hydrogens is 278 g/mol. The van der Waals surface area contributed by atoms with E-state index in [1.165, 1.54) is 0 Å². The number of likely N-dealkylation sites (tertiary alicyclic amines) is 1. The Bertz CT molecular complexity index is 426. The molecule has 124 valence electrons. The van der Waals surface area contributed by atoms with Gasteiger partial charge in [-0.15, -0.1) is 0 Å². The summed E-state index contributed by atoms with van der Waals surface area (Å²) in [7, 11) is 0. The Labute approximate surface area is 133 Å². The van der Waals surface area contributed by atoms with Crippen LogP contribution in [-0.4, -0.2) is 71.8 Å². The Kier molecular flexibility index (Phi) is 4.71. The van der Waals surface area contributed by atoms with Crippen molar-refractivity contribution in [2.45, 2.75) is 45.6 Å². The number of carbonyl (C=O) groups excluding carboxylic acids is 2. The van der Waals surface area contributed by atoms with E-state index in [1.54, 1.807) is 0 Å². The molecule has 1 atom stereocenters. The van der Waals surface area contributed by atoms with Gasteiger partial charge in [0.1, 0.15) is 0 Å². The second kappa shape index (κ2) is 6.57. The van der Waals surface area contributed by atoms with Gasteiger partial charge < -0.3 is 9.80 Å². The third kappa shape index (κ3) is 3.45. The zero-order valence-electron chi connectivity index (χ0n) is 14.0. The zero-order valence-corrected chi connectivity index (χ0v) is 14.0. The number of amides is 2. The fourth-order valence-corrected chi connectivity index (χ4v) is 3.54. The van der Waals surface area contributed by atoms with E-state index < -0.39 is 0 Å². The highest BCUT2D eigenvalue weighted by atomic mass is 16.2. The lowest BCUT2D eigenvalue weighted by Crippen LogP contribution is -2.54. The van der Waals surface area contributed by atoms with Crippen LogP contribution in [0.3, 0.4) is 0 Å². The predicted molar refractivity (Wildman–Crippen MR) is 85.3 cm³/mol. The van der Waals surface area contributed by atoms with Gasteiger partial charge in [-0.25, -0.2) is 0 Å². The van der Waals surface area contributed by atoms with Crippen molar-refractivity contribution in [3.63, 3.8) is 0 Å². The number of nitrogens with zero attached hydrogens (tertiary/aromatic N) is 3. The van der Waals surface area contributed by atoms with Crippen LogP contribution in [-0.2, 0) is 9.59 Å². The summed E-state index contributed by atoms with van der Waals surface area (Å²) in [5.41, 5.74) is 0. The van der Waals surface area contributed by atoms with Crippen molar-refractivity contribution in [1.29, 1.82) is 0 Å². The van der Waals surface area contributed by atoms with E-state index in [4.69, 9.17) is 0 Å². The Morgan fingerprint density at radius 1 is 1.09 bits per heavy atom. The average Bonchev–Trinajstić information content (AvgIpc) is 3.29. The van der Waals surface area contributed by atoms with Crippen LogP contribution in [0, 0.1) is 11.8 Å². The fraction of sp³-hybridized carbons (Fsp3) is 0.882. The summed E-state index contributed by atoms with van der Waals surface area (Å²) in [5, 5.41) is 0. The van der Waals surface area contributed by atoms with E-state index in [1.807, 2.05) is 9.80 Å². The molecule has 2 aliphatic heterocycles. The van der Waals surface area contributed by atoms with Crippen molar-refractivity contribution < 1.29 is 9.59 Å². The van der Waals surface area contributed by atoms with Crippen molar-refractivity contribution in [3.8, 4) is 0 Å². The quantitative estimate of drug-likeness (QED) is 0.766. The van der Waals surface area contributed by atoms with Crippen LogP contribution in [0.4, 0.5) is 0 Å². The monoisotopic (exact) mass is 307 g/mol. The minimum Gasteiger partial charge on any atom is -0.341 e. The molecule has 1 aliphatic carbocycles. The topological polar surface area (TPSA) is 43.9 Å². The first-order valence-corrected chi connectivity index (χ1v) is 8.88. The summed E-state index contributed by atoms with van der Waals surface area (Å²) in [6, 6.07) is 0.0605. The Balaban J connectivity index is 1.47. The average molecular weight is 307 g/mol. The van der Waals surface area contributed by atoms with Gasteiger partial charge in [0, 0.05) is 45.2 Å². The second-order valence-electron chi connectivity index (χ2n) is 7.45. The summed E-state index contributed by atoms with van der Waals surface area (Å²) in [6.07, 6.45) is 4.19. The molecule has 0 N–H and O–H groups in total. The molecule has 0 bridgehead atoms. The van der Waals surface area contributed by atoms with Crippen LogP contribution in [0.5, 0.6) is 0 Å². The van der Waals surface area contributed by atoms with Crippen molar-refractivity contribution in [1.82, 2.24) is 14.7 Å². The van der Waals surface area contributed by atoms with Crippen LogP contribution in [0.15, 0.2) is 0 Å². The number of carbonyl (C=O) groups is 2. The minimum absolute atomic E-state index is 0.0605. The lowest BCUT2D eigenvalue weighted by Gasteiger charge is -2.37. The number of piperazine rings is 1. The first-order valence-electron chi connectivity index (χ1n) is 8.88. The highest BCUT2D eigenvalue weighted by molar-refractivity contribution is 5.84. The molecule has 2 amide bonds. The van der Waals surface area contributed by atoms with Crippen LogP contribution in [0.25, 0.3) is 0 Å². The van der Waals surface area contributed by atoms with Crippen LogP contribution < -0.4 is 0 Å². The molecule has 0 radical (unpaired) electrons. The summed E-state index contributed by atoms with van der Waals surface area (Å²) >= 11 is 0. The van der Waals surface area contributed by atoms with Gasteiger partial charge in [0.15, 0.2) is 0 Å². The lowest BCUT2D eigenvalue weighted by molar-refractivity contribution is -0.136. The Hall–Kier alpha value is -1.10. The Morgan fingerprint density at radius 3 is 2.36 bits per heavy atom. The van der Waals surface area contributed by atoms with E-state index in [0.29, 0.717) is 23.7 Å². The van der Waals surface area contributed by atoms with E-state index in [2.05, 4.69) is 18.7 Å². The van der Waals surface area contributed by atoms with Gasteiger partial charge in [-0.05, 0) is 31.6 Å². The highest BCUT2D eigenvalue weighted by Crippen LogP contribution is 2.31. The van der Waals surface area contributed by atoms with E-state index in [9.17, 15) is 9.59 Å². The van der Waals surface area contributed by atoms with Crippen LogP contribution >= 0.6 is 0 Å². The predicted octanol–water partition coefficient (Wildman–Crippen LogP) is 1.19. The molecule has 5 nitrogen and oxygen atoms in total. The summed E-state index contributed by atoms with van der Waals surface area (Å²) in [6.45, 7) is 9.50. The maximum Gasteiger partial charge on any atom is 0.239 e. The second-order valence-corrected chi connectivity index (χ2v) is 7.45. The molecule has 2 saturated heterocycles. The summed E-state index contributed by atoms with van der Waals surface area (Å²) in [4.78, 5) is 31.0. The molecule has 1 saturated carbocycles. The normalized spacial score (nSPS) is 27.0. The van der Waals surface area contributed by atoms with E-state index in [0.717, 1.165) is 65.0 Å². The molecule has 22 heavy (non-hydrogen) atoms. The SMILES string of the molecule is CC(C)CCN1CCC(N2CCN(C(=O)C3CC3)CC2)C1=O. The third-order valence-electron chi connectivity index (χ3n) is 5.24. The standard InChI is InChI=1S/C17H29N3O2/c1-13(2)5-7-19-8-6-15(17(19)22)18-9-11-20(12-10-18)16(21)14-3-4-14/h13-15H,3-12H2,1-2H3. The molecular formula is C17H29N3O2. The largest absolute Gasteiger partial charge is 0.341 e. The van der Waals surface area contributed by atoms with Crippen molar-refractivity contribution in [2.75, 3.05) is 39.3 Å². The number of hydrogen-bond donors (Lipinski definition) is 0. The molecule has 0 aromatic carbocycles. The van der Waals surface area contributed by atoms with Crippen LogP contribution in [0.1, 0.15) is 39.5 Å². The minimum atomic E-state index is 0.0605. The van der Waals surface area contributed by atoms with E-state index >= 15 is 0 Å². The molecule has 3 rings (SSSR count). The highest BCUT2D eigenvalue weighted by Gasteiger charge is 2.39. The molecule has 0 aromatic heterocycles. The van der Waals surface area contributed by atoms with Gasteiger partial charge >= 0.3 is 0 Å². The summed E-state index contributed by atoms with van der Waals surface area (Å²) < 4.78 is 0. The van der Waals surface area contributed by atoms with Gasteiger partial charge in [0.05, 0.1) is 6.04 Å². The lowest BCUT2D eigenvalue weighted by atomic mass is 10.1. The van der Waals surface area contributed by atoms with Gasteiger partial charge in [-0.2, -0.15) is 0 Å². The number of rotatable bonds is 5. The Morgan fingerprint density at radius 2 is 1.77 bits per heavy atom. The van der Waals surface area contributed by atoms with Gasteiger partial charge in [0.25, 0.3) is 0 Å². The number of hydrogen-bond acceptors (Lipinski definition) is 3. The van der Waals surface area contributed by atoms with Crippen molar-refractivity contribution >= 4 is 11.8 Å². The maximum atomic E-state index is 12.6. The molecule has 3 aliphatic rings. The van der Waals surface area contributed by atoms with E-state index in [-0.39, 0.29) is 6.04 Å². The summed E-state index contributed by atoms with van der Waals surface area (Å²) in [5.74, 6) is 1.61. The van der Waals surface area contributed by atoms with Gasteiger partial charge in [-0.3, -0.25) is 14.5 Å². The van der Waals surface area contributed by atoms with Crippen molar-refractivity contribution in [2.24, 2.45) is 11.8 Å². The smallest absolute Gasteiger partial charge is 0.239 e. The van der Waals surface area contributed by atoms with Gasteiger partial charge in [-0.1, -0.05) is 13.8 Å². The molecule has 0 spiro atoms. The third-order valence-corrected chi connectivity index (χ3v) is 5.24. The maximum absolute atomic E-state index is 12.6. The van der Waals surface area contributed by atoms with Crippen molar-refractivity contribution in [3.05, 3.63) is 0 Å². The molecule has 3 fully saturated rings. The molecule has 0 aromatic rings. The van der Waals surface area contributed by atoms with Crippen LogP contribution in [0.2, 0.25) is 0 Å². The molecule has 5 heteroatoms. The zero-order chi connectivity index (χ0) is 15.7. The molecule has 2 heterocycles. The first-order chi connectivity index (χ1) is 10.6. The molecule has 1 unspecified atom stereocenters. The fourth-order valence-electron chi connectivity index (χ4n) is 3.54.